The summed E-state index contributed by atoms with van der Waals surface area (Å²) >= 11 is 0. The van der Waals surface area contributed by atoms with Crippen molar-refractivity contribution in [2.45, 2.75) is 51.6 Å². The summed E-state index contributed by atoms with van der Waals surface area (Å²) in [6.07, 6.45) is 5.47. The minimum atomic E-state index is -0.976. The minimum Gasteiger partial charge on any atom is -0.355 e. The van der Waals surface area contributed by atoms with E-state index in [4.69, 9.17) is 15.8 Å². The van der Waals surface area contributed by atoms with Gasteiger partial charge in [0.1, 0.15) is 5.82 Å². The maximum Gasteiger partial charge on any atom is 0.254 e. The molecule has 4 heterocycles. The maximum atomic E-state index is 14.1. The van der Waals surface area contributed by atoms with E-state index in [1.54, 1.807) is 9.42 Å². The van der Waals surface area contributed by atoms with Crippen LogP contribution < -0.4 is 10.6 Å². The monoisotopic (exact) mass is 454 g/mol. The van der Waals surface area contributed by atoms with Crippen molar-refractivity contribution in [2.24, 2.45) is 5.73 Å². The molecule has 2 aliphatic heterocycles. The van der Waals surface area contributed by atoms with Crippen molar-refractivity contribution in [3.63, 3.8) is 0 Å². The summed E-state index contributed by atoms with van der Waals surface area (Å²) in [6.45, 7) is 5.65. The van der Waals surface area contributed by atoms with Gasteiger partial charge in [-0.1, -0.05) is 0 Å². The number of amides is 1. The topological polar surface area (TPSA) is 79.8 Å². The van der Waals surface area contributed by atoms with Crippen molar-refractivity contribution in [2.75, 3.05) is 24.5 Å². The van der Waals surface area contributed by atoms with Crippen LogP contribution in [0.25, 0.3) is 5.65 Å². The Bertz CT molecular complexity index is 1230. The van der Waals surface area contributed by atoms with Gasteiger partial charge < -0.3 is 15.5 Å². The zero-order valence-electron chi connectivity index (χ0n) is 18.9. The molecule has 0 saturated carbocycles. The van der Waals surface area contributed by atoms with Gasteiger partial charge in [-0.2, -0.15) is 5.10 Å². The third kappa shape index (κ3) is 3.84. The molecule has 9 heteroatoms. The summed E-state index contributed by atoms with van der Waals surface area (Å²) < 4.78 is 29.5. The second-order valence-corrected chi connectivity index (χ2v) is 9.16. The van der Waals surface area contributed by atoms with E-state index in [1.165, 1.54) is 13.0 Å². The number of halogens is 2. The molecule has 0 bridgehead atoms. The molecule has 2 atom stereocenters. The summed E-state index contributed by atoms with van der Waals surface area (Å²) in [5.41, 5.74) is 8.78. The van der Waals surface area contributed by atoms with Gasteiger partial charge in [-0.15, -0.1) is 0 Å². The number of likely N-dealkylation sites (tertiary alicyclic amines) is 1. The highest BCUT2D eigenvalue weighted by molar-refractivity contribution is 5.96. The molecule has 1 aromatic carbocycles. The van der Waals surface area contributed by atoms with Crippen molar-refractivity contribution in [1.82, 2.24) is 19.5 Å². The Morgan fingerprint density at radius 2 is 1.97 bits per heavy atom. The third-order valence-electron chi connectivity index (χ3n) is 6.82. The highest BCUT2D eigenvalue weighted by Gasteiger charge is 2.32. The fraction of sp³-hybridized carbons (Fsp3) is 0.458. The lowest BCUT2D eigenvalue weighted by Crippen LogP contribution is -2.39. The molecule has 2 fully saturated rings. The van der Waals surface area contributed by atoms with Crippen molar-refractivity contribution < 1.29 is 13.6 Å². The van der Waals surface area contributed by atoms with Gasteiger partial charge in [0.15, 0.2) is 17.3 Å². The molecule has 2 aliphatic rings. The van der Waals surface area contributed by atoms with Crippen molar-refractivity contribution in [1.29, 1.82) is 0 Å². The average molecular weight is 455 g/mol. The summed E-state index contributed by atoms with van der Waals surface area (Å²) in [7, 11) is 0. The van der Waals surface area contributed by atoms with Crippen LogP contribution in [0.15, 0.2) is 24.4 Å². The van der Waals surface area contributed by atoms with Crippen LogP contribution in [0, 0.1) is 25.5 Å². The summed E-state index contributed by atoms with van der Waals surface area (Å²) in [5, 5.41) is 4.74. The number of rotatable bonds is 3. The predicted molar refractivity (Wildman–Crippen MR) is 121 cm³/mol. The number of carbonyl (C=O) groups is 1. The Morgan fingerprint density at radius 3 is 2.73 bits per heavy atom. The first kappa shape index (κ1) is 21.8. The highest BCUT2D eigenvalue weighted by atomic mass is 19.2. The van der Waals surface area contributed by atoms with Gasteiger partial charge in [0.25, 0.3) is 5.91 Å². The van der Waals surface area contributed by atoms with E-state index in [0.717, 1.165) is 61.9 Å². The Hall–Kier alpha value is -3.07. The number of fused-ring (bicyclic) bond motifs is 1. The van der Waals surface area contributed by atoms with E-state index in [0.29, 0.717) is 12.2 Å². The van der Waals surface area contributed by atoms with Gasteiger partial charge in [-0.25, -0.2) is 18.3 Å². The quantitative estimate of drug-likeness (QED) is 0.655. The van der Waals surface area contributed by atoms with Crippen LogP contribution in [0.1, 0.15) is 58.9 Å². The number of piperidine rings is 1. The van der Waals surface area contributed by atoms with Gasteiger partial charge >= 0.3 is 0 Å². The molecule has 0 radical (unpaired) electrons. The van der Waals surface area contributed by atoms with Crippen LogP contribution in [-0.4, -0.2) is 51.1 Å². The average Bonchev–Trinajstić information content (AvgIpc) is 3.42. The van der Waals surface area contributed by atoms with Crippen molar-refractivity contribution in [3.8, 4) is 0 Å². The SMILES string of the molecule is Cc1cn2nc(C3CCCCN3C(=O)c3ccc(F)c(F)c3C)cc2nc1N1CCC(N)C1. The van der Waals surface area contributed by atoms with Gasteiger partial charge in [0, 0.05) is 54.6 Å². The maximum absolute atomic E-state index is 14.1. The van der Waals surface area contributed by atoms with E-state index in [1.807, 2.05) is 19.2 Å². The fourth-order valence-electron chi connectivity index (χ4n) is 5.00. The van der Waals surface area contributed by atoms with E-state index in [-0.39, 0.29) is 29.1 Å². The Morgan fingerprint density at radius 1 is 1.15 bits per heavy atom. The molecule has 2 aromatic heterocycles. The smallest absolute Gasteiger partial charge is 0.254 e. The lowest BCUT2D eigenvalue weighted by atomic mass is 9.97. The molecule has 3 aromatic rings. The molecular weight excluding hydrogens is 426 g/mol. The van der Waals surface area contributed by atoms with E-state index < -0.39 is 11.6 Å². The number of nitrogens with zero attached hydrogens (tertiary/aromatic N) is 5. The first-order chi connectivity index (χ1) is 15.8. The normalized spacial score (nSPS) is 21.2. The summed E-state index contributed by atoms with van der Waals surface area (Å²) in [4.78, 5) is 22.1. The highest BCUT2D eigenvalue weighted by Crippen LogP contribution is 2.33. The second-order valence-electron chi connectivity index (χ2n) is 9.16. The molecule has 1 amide bonds. The zero-order valence-corrected chi connectivity index (χ0v) is 18.9. The van der Waals surface area contributed by atoms with Crippen molar-refractivity contribution in [3.05, 3.63) is 58.4 Å². The van der Waals surface area contributed by atoms with Gasteiger partial charge in [0.2, 0.25) is 0 Å². The van der Waals surface area contributed by atoms with Crippen LogP contribution in [0.3, 0.4) is 0 Å². The Balaban J connectivity index is 1.48. The molecule has 33 heavy (non-hydrogen) atoms. The number of hydrogen-bond acceptors (Lipinski definition) is 5. The molecule has 174 valence electrons. The van der Waals surface area contributed by atoms with E-state index >= 15 is 0 Å². The number of benzene rings is 1. The van der Waals surface area contributed by atoms with Crippen molar-refractivity contribution >= 4 is 17.4 Å². The molecule has 2 saturated heterocycles. The van der Waals surface area contributed by atoms with Gasteiger partial charge in [0.05, 0.1) is 11.7 Å². The van der Waals surface area contributed by atoms with Gasteiger partial charge in [-0.05, 0) is 51.7 Å². The number of hydrogen-bond donors (Lipinski definition) is 1. The van der Waals surface area contributed by atoms with Crippen LogP contribution in [0.4, 0.5) is 14.6 Å². The fourth-order valence-corrected chi connectivity index (χ4v) is 5.00. The molecule has 0 spiro atoms. The lowest BCUT2D eigenvalue weighted by molar-refractivity contribution is 0.0604. The van der Waals surface area contributed by atoms with Crippen LogP contribution in [0.2, 0.25) is 0 Å². The number of aromatic nitrogens is 3. The second kappa shape index (κ2) is 8.37. The Labute approximate surface area is 191 Å². The zero-order chi connectivity index (χ0) is 23.3. The number of carbonyl (C=O) groups excluding carboxylic acids is 1. The molecule has 2 unspecified atom stereocenters. The van der Waals surface area contributed by atoms with Crippen LogP contribution in [0.5, 0.6) is 0 Å². The van der Waals surface area contributed by atoms with E-state index in [2.05, 4.69) is 4.90 Å². The lowest BCUT2D eigenvalue weighted by Gasteiger charge is -2.35. The standard InChI is InChI=1S/C24H28F2N6O/c1-14-12-32-21(28-23(14)30-10-8-16(27)13-30)11-19(29-32)20-5-3-4-9-31(20)24(33)17-6-7-18(25)22(26)15(17)2/h6-7,11-12,16,20H,3-5,8-10,13,27H2,1-2H3. The Kier molecular flexibility index (Phi) is 5.52. The first-order valence-corrected chi connectivity index (χ1v) is 11.5. The van der Waals surface area contributed by atoms with Crippen LogP contribution >= 0.6 is 0 Å². The van der Waals surface area contributed by atoms with Gasteiger partial charge in [-0.3, -0.25) is 4.79 Å². The molecule has 2 N–H and O–H groups in total. The first-order valence-electron chi connectivity index (χ1n) is 11.5. The molecule has 0 aliphatic carbocycles. The van der Waals surface area contributed by atoms with Crippen LogP contribution in [-0.2, 0) is 0 Å². The minimum absolute atomic E-state index is 0.0325. The predicted octanol–water partition coefficient (Wildman–Crippen LogP) is 3.53. The molecular formula is C24H28F2N6O. The molecule has 5 rings (SSSR count). The number of aryl methyl sites for hydroxylation is 1. The number of nitrogens with two attached hydrogens (primary N) is 1. The largest absolute Gasteiger partial charge is 0.355 e. The number of anilines is 1. The summed E-state index contributed by atoms with van der Waals surface area (Å²) in [5.74, 6) is -1.31. The summed E-state index contributed by atoms with van der Waals surface area (Å²) in [6, 6.07) is 4.21. The molecule has 7 nitrogen and oxygen atoms in total. The third-order valence-corrected chi connectivity index (χ3v) is 6.82. The van der Waals surface area contributed by atoms with E-state index in [9.17, 15) is 13.6 Å².